The van der Waals surface area contributed by atoms with Crippen LogP contribution in [0.2, 0.25) is 0 Å². The van der Waals surface area contributed by atoms with Gasteiger partial charge in [-0.05, 0) is 18.6 Å². The van der Waals surface area contributed by atoms with Crippen molar-refractivity contribution in [1.82, 2.24) is 0 Å². The van der Waals surface area contributed by atoms with Gasteiger partial charge < -0.3 is 9.84 Å². The fourth-order valence-corrected chi connectivity index (χ4v) is 1.44. The molecular weight excluding hydrogens is 228 g/mol. The second kappa shape index (κ2) is 6.38. The molecule has 0 aromatic heterocycles. The van der Waals surface area contributed by atoms with E-state index < -0.39 is 0 Å². The normalized spacial score (nSPS) is 10.1. The Morgan fingerprint density at radius 2 is 2.25 bits per heavy atom. The van der Waals surface area contributed by atoms with Gasteiger partial charge in [-0.3, -0.25) is 4.79 Å². The standard InChI is InChI=1S/C12H15ClO3/c1-2-9(14)12-10(15)5-3-6-11(12)16-8-4-7-13/h3,5-6,15H,2,4,7-8H2,1H3. The van der Waals surface area contributed by atoms with Crippen LogP contribution in [-0.4, -0.2) is 23.4 Å². The lowest BCUT2D eigenvalue weighted by Gasteiger charge is -2.10. The van der Waals surface area contributed by atoms with Crippen LogP contribution in [-0.2, 0) is 0 Å². The van der Waals surface area contributed by atoms with Gasteiger partial charge in [0.15, 0.2) is 5.78 Å². The van der Waals surface area contributed by atoms with Crippen molar-refractivity contribution in [2.24, 2.45) is 0 Å². The van der Waals surface area contributed by atoms with Crippen LogP contribution in [0.15, 0.2) is 18.2 Å². The number of ketones is 1. The zero-order chi connectivity index (χ0) is 12.0. The summed E-state index contributed by atoms with van der Waals surface area (Å²) in [5.74, 6) is 0.779. The van der Waals surface area contributed by atoms with Crippen molar-refractivity contribution in [3.05, 3.63) is 23.8 Å². The van der Waals surface area contributed by atoms with Crippen molar-refractivity contribution < 1.29 is 14.6 Å². The number of benzene rings is 1. The highest BCUT2D eigenvalue weighted by molar-refractivity contribution is 6.17. The number of alkyl halides is 1. The lowest BCUT2D eigenvalue weighted by atomic mass is 10.1. The van der Waals surface area contributed by atoms with Gasteiger partial charge in [-0.2, -0.15) is 0 Å². The van der Waals surface area contributed by atoms with Gasteiger partial charge >= 0.3 is 0 Å². The molecule has 0 bridgehead atoms. The van der Waals surface area contributed by atoms with E-state index in [1.165, 1.54) is 6.07 Å². The molecule has 0 saturated carbocycles. The second-order valence-corrected chi connectivity index (χ2v) is 3.70. The van der Waals surface area contributed by atoms with Crippen LogP contribution in [0.4, 0.5) is 0 Å². The van der Waals surface area contributed by atoms with Gasteiger partial charge in [0.25, 0.3) is 0 Å². The minimum absolute atomic E-state index is 0.0322. The molecular formula is C12H15ClO3. The lowest BCUT2D eigenvalue weighted by Crippen LogP contribution is -2.05. The van der Waals surface area contributed by atoms with Crippen molar-refractivity contribution in [3.63, 3.8) is 0 Å². The molecule has 0 aliphatic carbocycles. The summed E-state index contributed by atoms with van der Waals surface area (Å²) in [5.41, 5.74) is 0.263. The highest BCUT2D eigenvalue weighted by atomic mass is 35.5. The molecule has 0 atom stereocenters. The number of aromatic hydroxyl groups is 1. The van der Waals surface area contributed by atoms with Gasteiger partial charge in [0.1, 0.15) is 17.1 Å². The number of phenols is 1. The topological polar surface area (TPSA) is 46.5 Å². The average molecular weight is 243 g/mol. The van der Waals surface area contributed by atoms with Crippen LogP contribution in [0.3, 0.4) is 0 Å². The monoisotopic (exact) mass is 242 g/mol. The molecule has 1 rings (SSSR count). The molecule has 0 fully saturated rings. The van der Waals surface area contributed by atoms with Crippen LogP contribution in [0.25, 0.3) is 0 Å². The van der Waals surface area contributed by atoms with Crippen LogP contribution >= 0.6 is 11.6 Å². The highest BCUT2D eigenvalue weighted by Crippen LogP contribution is 2.28. The predicted molar refractivity (Wildman–Crippen MR) is 63.6 cm³/mol. The first kappa shape index (κ1) is 12.8. The zero-order valence-corrected chi connectivity index (χ0v) is 9.96. The summed E-state index contributed by atoms with van der Waals surface area (Å²) in [4.78, 5) is 11.6. The van der Waals surface area contributed by atoms with E-state index in [1.54, 1.807) is 19.1 Å². The minimum atomic E-state index is -0.126. The molecule has 0 aliphatic heterocycles. The fraction of sp³-hybridized carbons (Fsp3) is 0.417. The number of Topliss-reactive ketones (excluding diaryl/α,β-unsaturated/α-hetero) is 1. The van der Waals surface area contributed by atoms with E-state index in [0.29, 0.717) is 31.1 Å². The maximum atomic E-state index is 11.6. The number of rotatable bonds is 6. The maximum absolute atomic E-state index is 11.6. The Balaban J connectivity index is 2.89. The molecule has 0 aliphatic rings. The highest BCUT2D eigenvalue weighted by Gasteiger charge is 2.15. The molecule has 0 unspecified atom stereocenters. The van der Waals surface area contributed by atoms with Gasteiger partial charge in [-0.25, -0.2) is 0 Å². The van der Waals surface area contributed by atoms with Crippen LogP contribution in [0.5, 0.6) is 11.5 Å². The van der Waals surface area contributed by atoms with Gasteiger partial charge in [0.2, 0.25) is 0 Å². The first-order valence-electron chi connectivity index (χ1n) is 5.24. The van der Waals surface area contributed by atoms with E-state index in [2.05, 4.69) is 0 Å². The van der Waals surface area contributed by atoms with E-state index in [9.17, 15) is 9.90 Å². The molecule has 16 heavy (non-hydrogen) atoms. The molecule has 1 aromatic carbocycles. The Morgan fingerprint density at radius 3 is 2.88 bits per heavy atom. The van der Waals surface area contributed by atoms with E-state index in [1.807, 2.05) is 0 Å². The number of hydrogen-bond acceptors (Lipinski definition) is 3. The molecule has 0 saturated heterocycles. The first-order chi connectivity index (χ1) is 7.70. The smallest absolute Gasteiger partial charge is 0.170 e. The predicted octanol–water partition coefficient (Wildman–Crippen LogP) is 2.99. The largest absolute Gasteiger partial charge is 0.507 e. The van der Waals surface area contributed by atoms with Crippen molar-refractivity contribution in [3.8, 4) is 11.5 Å². The Bertz CT molecular complexity index is 363. The van der Waals surface area contributed by atoms with Crippen LogP contribution in [0.1, 0.15) is 30.1 Å². The second-order valence-electron chi connectivity index (χ2n) is 3.32. The molecule has 0 spiro atoms. The summed E-state index contributed by atoms with van der Waals surface area (Å²) in [6, 6.07) is 4.81. The molecule has 0 amide bonds. The van der Waals surface area contributed by atoms with Crippen molar-refractivity contribution in [2.45, 2.75) is 19.8 Å². The number of carbonyl (C=O) groups excluding carboxylic acids is 1. The molecule has 4 heteroatoms. The van der Waals surface area contributed by atoms with Crippen molar-refractivity contribution in [1.29, 1.82) is 0 Å². The van der Waals surface area contributed by atoms with Gasteiger partial charge in [-0.1, -0.05) is 13.0 Å². The van der Waals surface area contributed by atoms with E-state index >= 15 is 0 Å². The quantitative estimate of drug-likeness (QED) is 0.474. The van der Waals surface area contributed by atoms with E-state index in [0.717, 1.165) is 0 Å². The summed E-state index contributed by atoms with van der Waals surface area (Å²) in [5, 5.41) is 9.62. The SMILES string of the molecule is CCC(=O)c1c(O)cccc1OCCCCl. The van der Waals surface area contributed by atoms with Gasteiger partial charge in [0.05, 0.1) is 6.61 Å². The number of halogens is 1. The van der Waals surface area contributed by atoms with Crippen LogP contribution < -0.4 is 4.74 Å². The molecule has 1 N–H and O–H groups in total. The molecule has 0 radical (unpaired) electrons. The molecule has 1 aromatic rings. The third-order valence-corrected chi connectivity index (χ3v) is 2.41. The number of hydrogen-bond donors (Lipinski definition) is 1. The summed E-state index contributed by atoms with van der Waals surface area (Å²) >= 11 is 5.53. The fourth-order valence-electron chi connectivity index (χ4n) is 1.33. The Kier molecular flexibility index (Phi) is 5.12. The van der Waals surface area contributed by atoms with Crippen LogP contribution in [0, 0.1) is 0 Å². The van der Waals surface area contributed by atoms with E-state index in [-0.39, 0.29) is 17.1 Å². The maximum Gasteiger partial charge on any atom is 0.170 e. The Labute approximate surface area is 100.0 Å². The number of ether oxygens (including phenoxy) is 1. The van der Waals surface area contributed by atoms with Crippen molar-refractivity contribution >= 4 is 17.4 Å². The average Bonchev–Trinajstić information content (AvgIpc) is 2.29. The number of phenolic OH excluding ortho intramolecular Hbond substituents is 1. The molecule has 0 heterocycles. The lowest BCUT2D eigenvalue weighted by molar-refractivity contribution is 0.0981. The minimum Gasteiger partial charge on any atom is -0.507 e. The zero-order valence-electron chi connectivity index (χ0n) is 9.20. The van der Waals surface area contributed by atoms with Gasteiger partial charge in [0, 0.05) is 12.3 Å². The first-order valence-corrected chi connectivity index (χ1v) is 5.78. The Morgan fingerprint density at radius 1 is 1.50 bits per heavy atom. The molecule has 88 valence electrons. The van der Waals surface area contributed by atoms with Gasteiger partial charge in [-0.15, -0.1) is 11.6 Å². The summed E-state index contributed by atoms with van der Waals surface area (Å²) in [6.45, 7) is 2.19. The van der Waals surface area contributed by atoms with E-state index in [4.69, 9.17) is 16.3 Å². The Hall–Kier alpha value is -1.22. The van der Waals surface area contributed by atoms with Crippen molar-refractivity contribution in [2.75, 3.05) is 12.5 Å². The number of carbonyl (C=O) groups is 1. The third-order valence-electron chi connectivity index (χ3n) is 2.14. The third kappa shape index (κ3) is 3.14. The summed E-state index contributed by atoms with van der Waals surface area (Å²) < 4.78 is 5.42. The molecule has 3 nitrogen and oxygen atoms in total. The summed E-state index contributed by atoms with van der Waals surface area (Å²) in [6.07, 6.45) is 1.04. The summed E-state index contributed by atoms with van der Waals surface area (Å²) in [7, 11) is 0.